The minimum absolute atomic E-state index is 0.128. The number of allylic oxidation sites excluding steroid dienone is 1. The standard InChI is InChI=1S/C15H16ClNO2/c1-11-14(8-17(2)13(9-18)15(11)16)19-10-12-6-4-3-5-7-12/h3-8,18H,1,9-10H2,2H3. The number of hydrogen-bond donors (Lipinski definition) is 1. The summed E-state index contributed by atoms with van der Waals surface area (Å²) in [5, 5.41) is 9.69. The fourth-order valence-electron chi connectivity index (χ4n) is 1.81. The molecule has 0 atom stereocenters. The molecule has 0 fully saturated rings. The van der Waals surface area contributed by atoms with Crippen LogP contribution in [0, 0.1) is 0 Å². The van der Waals surface area contributed by atoms with E-state index < -0.39 is 0 Å². The molecule has 0 saturated heterocycles. The number of aliphatic hydroxyl groups excluding tert-OH is 1. The number of nitrogens with zero attached hydrogens (tertiary/aromatic N) is 1. The Labute approximate surface area is 118 Å². The van der Waals surface area contributed by atoms with Crippen LogP contribution in [0.4, 0.5) is 0 Å². The van der Waals surface area contributed by atoms with E-state index >= 15 is 0 Å². The molecule has 0 bridgehead atoms. The van der Waals surface area contributed by atoms with Crippen molar-refractivity contribution in [2.24, 2.45) is 0 Å². The summed E-state index contributed by atoms with van der Waals surface area (Å²) >= 11 is 6.16. The third kappa shape index (κ3) is 3.00. The van der Waals surface area contributed by atoms with Crippen molar-refractivity contribution in [1.82, 2.24) is 4.90 Å². The van der Waals surface area contributed by atoms with Crippen LogP contribution in [0.15, 0.2) is 65.2 Å². The highest BCUT2D eigenvalue weighted by Gasteiger charge is 2.21. The second-order valence-corrected chi connectivity index (χ2v) is 4.65. The molecule has 1 aromatic rings. The zero-order valence-corrected chi connectivity index (χ0v) is 11.5. The highest BCUT2D eigenvalue weighted by atomic mass is 35.5. The Bertz CT molecular complexity index is 534. The van der Waals surface area contributed by atoms with Gasteiger partial charge in [0, 0.05) is 18.8 Å². The van der Waals surface area contributed by atoms with E-state index in [1.807, 2.05) is 37.4 Å². The SMILES string of the molecule is C=C1C(OCc2ccccc2)=CN(C)C(CO)=C1Cl. The Morgan fingerprint density at radius 3 is 2.63 bits per heavy atom. The van der Waals surface area contributed by atoms with Crippen LogP contribution in [0.2, 0.25) is 0 Å². The molecule has 0 saturated carbocycles. The van der Waals surface area contributed by atoms with E-state index in [0.717, 1.165) is 5.56 Å². The summed E-state index contributed by atoms with van der Waals surface area (Å²) in [7, 11) is 1.81. The summed E-state index contributed by atoms with van der Waals surface area (Å²) in [5.41, 5.74) is 2.30. The van der Waals surface area contributed by atoms with Crippen LogP contribution in [0.1, 0.15) is 5.56 Å². The van der Waals surface area contributed by atoms with Crippen molar-refractivity contribution in [1.29, 1.82) is 0 Å². The summed E-state index contributed by atoms with van der Waals surface area (Å²) in [6.45, 7) is 4.23. The third-order valence-corrected chi connectivity index (χ3v) is 3.39. The van der Waals surface area contributed by atoms with Crippen LogP contribution in [-0.4, -0.2) is 23.7 Å². The van der Waals surface area contributed by atoms with E-state index in [0.29, 0.717) is 28.7 Å². The molecule has 0 unspecified atom stereocenters. The number of likely N-dealkylation sites (N-methyl/N-ethyl adjacent to an activating group) is 1. The lowest BCUT2D eigenvalue weighted by atomic mass is 10.1. The first-order chi connectivity index (χ1) is 9.13. The van der Waals surface area contributed by atoms with E-state index in [1.165, 1.54) is 0 Å². The maximum Gasteiger partial charge on any atom is 0.144 e. The van der Waals surface area contributed by atoms with Gasteiger partial charge in [0.05, 0.1) is 17.3 Å². The number of ether oxygens (including phenoxy) is 1. The molecule has 0 aromatic heterocycles. The van der Waals surface area contributed by atoms with E-state index in [2.05, 4.69) is 6.58 Å². The van der Waals surface area contributed by atoms with Gasteiger partial charge in [-0.25, -0.2) is 0 Å². The van der Waals surface area contributed by atoms with Crippen molar-refractivity contribution in [3.8, 4) is 0 Å². The molecule has 3 nitrogen and oxygen atoms in total. The topological polar surface area (TPSA) is 32.7 Å². The van der Waals surface area contributed by atoms with Gasteiger partial charge in [-0.05, 0) is 5.56 Å². The largest absolute Gasteiger partial charge is 0.487 e. The summed E-state index contributed by atoms with van der Waals surface area (Å²) < 4.78 is 5.73. The summed E-state index contributed by atoms with van der Waals surface area (Å²) in [6, 6.07) is 9.87. The highest BCUT2D eigenvalue weighted by Crippen LogP contribution is 2.31. The fraction of sp³-hybridized carbons (Fsp3) is 0.200. The Morgan fingerprint density at radius 1 is 1.32 bits per heavy atom. The Morgan fingerprint density at radius 2 is 2.00 bits per heavy atom. The van der Waals surface area contributed by atoms with E-state index in [1.54, 1.807) is 11.1 Å². The van der Waals surface area contributed by atoms with Crippen molar-refractivity contribution >= 4 is 11.6 Å². The molecule has 1 aromatic carbocycles. The average molecular weight is 278 g/mol. The Hall–Kier alpha value is -1.71. The van der Waals surface area contributed by atoms with E-state index in [9.17, 15) is 5.11 Å². The van der Waals surface area contributed by atoms with Gasteiger partial charge in [-0.2, -0.15) is 0 Å². The fourth-order valence-corrected chi connectivity index (χ4v) is 2.10. The molecule has 0 spiro atoms. The highest BCUT2D eigenvalue weighted by molar-refractivity contribution is 6.32. The van der Waals surface area contributed by atoms with Crippen LogP contribution in [0.25, 0.3) is 0 Å². The lowest BCUT2D eigenvalue weighted by molar-refractivity contribution is 0.197. The molecule has 1 N–H and O–H groups in total. The van der Waals surface area contributed by atoms with Crippen LogP contribution in [0.3, 0.4) is 0 Å². The quantitative estimate of drug-likeness (QED) is 0.918. The van der Waals surface area contributed by atoms with Crippen LogP contribution < -0.4 is 0 Å². The molecule has 0 aliphatic carbocycles. The first-order valence-corrected chi connectivity index (χ1v) is 6.32. The summed E-state index contributed by atoms with van der Waals surface area (Å²) in [4.78, 5) is 1.75. The van der Waals surface area contributed by atoms with Crippen LogP contribution in [0.5, 0.6) is 0 Å². The van der Waals surface area contributed by atoms with Crippen molar-refractivity contribution in [2.45, 2.75) is 6.61 Å². The molecule has 0 radical (unpaired) electrons. The van der Waals surface area contributed by atoms with Gasteiger partial charge in [0.1, 0.15) is 12.4 Å². The Balaban J connectivity index is 2.08. The lowest BCUT2D eigenvalue weighted by Gasteiger charge is -2.26. The van der Waals surface area contributed by atoms with Crippen molar-refractivity contribution < 1.29 is 9.84 Å². The number of aliphatic hydroxyl groups is 1. The second kappa shape index (κ2) is 5.95. The van der Waals surface area contributed by atoms with E-state index in [-0.39, 0.29) is 6.61 Å². The molecular formula is C15H16ClNO2. The maximum atomic E-state index is 9.25. The van der Waals surface area contributed by atoms with Gasteiger partial charge in [-0.15, -0.1) is 0 Å². The number of hydrogen-bond acceptors (Lipinski definition) is 3. The number of rotatable bonds is 4. The lowest BCUT2D eigenvalue weighted by Crippen LogP contribution is -2.21. The molecule has 4 heteroatoms. The predicted molar refractivity (Wildman–Crippen MR) is 76.2 cm³/mol. The molecule has 1 heterocycles. The molecule has 2 rings (SSSR count). The minimum Gasteiger partial charge on any atom is -0.487 e. The first kappa shape index (κ1) is 13.7. The van der Waals surface area contributed by atoms with Gasteiger partial charge in [0.25, 0.3) is 0 Å². The molecular weight excluding hydrogens is 262 g/mol. The van der Waals surface area contributed by atoms with Crippen molar-refractivity contribution in [2.75, 3.05) is 13.7 Å². The molecule has 19 heavy (non-hydrogen) atoms. The Kier molecular flexibility index (Phi) is 4.30. The zero-order valence-electron chi connectivity index (χ0n) is 10.8. The first-order valence-electron chi connectivity index (χ1n) is 5.94. The van der Waals surface area contributed by atoms with E-state index in [4.69, 9.17) is 16.3 Å². The molecule has 100 valence electrons. The van der Waals surface area contributed by atoms with Gasteiger partial charge in [-0.1, -0.05) is 48.5 Å². The van der Waals surface area contributed by atoms with Crippen LogP contribution in [-0.2, 0) is 11.3 Å². The maximum absolute atomic E-state index is 9.25. The van der Waals surface area contributed by atoms with Gasteiger partial charge in [0.15, 0.2) is 0 Å². The zero-order chi connectivity index (χ0) is 13.8. The average Bonchev–Trinajstić information content (AvgIpc) is 2.43. The summed E-state index contributed by atoms with van der Waals surface area (Å²) in [5.74, 6) is 0.619. The smallest absolute Gasteiger partial charge is 0.144 e. The monoisotopic (exact) mass is 277 g/mol. The van der Waals surface area contributed by atoms with Gasteiger partial charge in [-0.3, -0.25) is 0 Å². The van der Waals surface area contributed by atoms with Gasteiger partial charge < -0.3 is 14.7 Å². The van der Waals surface area contributed by atoms with Crippen molar-refractivity contribution in [3.05, 3.63) is 70.7 Å². The third-order valence-electron chi connectivity index (χ3n) is 2.94. The predicted octanol–water partition coefficient (Wildman–Crippen LogP) is 2.99. The number of benzene rings is 1. The molecule has 1 aliphatic heterocycles. The second-order valence-electron chi connectivity index (χ2n) is 4.28. The molecule has 0 amide bonds. The minimum atomic E-state index is -0.128. The number of halogens is 1. The van der Waals surface area contributed by atoms with Gasteiger partial charge in [0.2, 0.25) is 0 Å². The summed E-state index contributed by atoms with van der Waals surface area (Å²) in [6.07, 6.45) is 1.78. The van der Waals surface area contributed by atoms with Gasteiger partial charge >= 0.3 is 0 Å². The normalized spacial score (nSPS) is 15.6. The van der Waals surface area contributed by atoms with Crippen LogP contribution >= 0.6 is 11.6 Å². The van der Waals surface area contributed by atoms with Crippen molar-refractivity contribution in [3.63, 3.8) is 0 Å². The molecule has 1 aliphatic rings.